The standard InChI is InChI=1S/C16H15N3O4S/c1-23-15(22)12-9-17-16(24-12)18-14(21)10-4-6-11(7-5-10)19-8-2-3-13(19)20/h4-7,9H,2-3,8H2,1H3,(H,17,18,21). The van der Waals surface area contributed by atoms with Crippen molar-refractivity contribution in [3.05, 3.63) is 40.9 Å². The number of esters is 1. The van der Waals surface area contributed by atoms with Crippen molar-refractivity contribution in [2.45, 2.75) is 12.8 Å². The second kappa shape index (κ2) is 6.79. The number of thiazole rings is 1. The third-order valence-corrected chi connectivity index (χ3v) is 4.52. The van der Waals surface area contributed by atoms with Crippen LogP contribution in [0.2, 0.25) is 0 Å². The minimum absolute atomic E-state index is 0.102. The molecule has 0 atom stereocenters. The van der Waals surface area contributed by atoms with Crippen LogP contribution in [0.5, 0.6) is 0 Å². The number of aromatic nitrogens is 1. The summed E-state index contributed by atoms with van der Waals surface area (Å²) in [7, 11) is 1.28. The van der Waals surface area contributed by atoms with Crippen LogP contribution in [0.25, 0.3) is 0 Å². The number of carbonyl (C=O) groups excluding carboxylic acids is 3. The van der Waals surface area contributed by atoms with Crippen LogP contribution in [-0.2, 0) is 9.53 Å². The number of nitrogens with zero attached hydrogens (tertiary/aromatic N) is 2. The van der Waals surface area contributed by atoms with E-state index in [2.05, 4.69) is 15.0 Å². The van der Waals surface area contributed by atoms with E-state index < -0.39 is 5.97 Å². The minimum Gasteiger partial charge on any atom is -0.465 e. The van der Waals surface area contributed by atoms with E-state index in [1.54, 1.807) is 29.2 Å². The molecule has 8 heteroatoms. The highest BCUT2D eigenvalue weighted by atomic mass is 32.1. The number of nitrogens with one attached hydrogen (secondary N) is 1. The van der Waals surface area contributed by atoms with Crippen molar-refractivity contribution in [1.82, 2.24) is 4.98 Å². The number of amides is 2. The molecule has 24 heavy (non-hydrogen) atoms. The van der Waals surface area contributed by atoms with E-state index in [9.17, 15) is 14.4 Å². The van der Waals surface area contributed by atoms with Crippen LogP contribution in [-0.4, -0.2) is 36.4 Å². The molecule has 2 aromatic rings. The summed E-state index contributed by atoms with van der Waals surface area (Å²) in [6.45, 7) is 0.708. The Morgan fingerprint density at radius 1 is 1.29 bits per heavy atom. The molecule has 124 valence electrons. The van der Waals surface area contributed by atoms with Crippen molar-refractivity contribution in [1.29, 1.82) is 0 Å². The van der Waals surface area contributed by atoms with E-state index in [4.69, 9.17) is 0 Å². The summed E-state index contributed by atoms with van der Waals surface area (Å²) < 4.78 is 4.60. The van der Waals surface area contributed by atoms with Gasteiger partial charge in [0.25, 0.3) is 5.91 Å². The second-order valence-corrected chi connectivity index (χ2v) is 6.20. The topological polar surface area (TPSA) is 88.6 Å². The van der Waals surface area contributed by atoms with Gasteiger partial charge in [0.05, 0.1) is 13.3 Å². The lowest BCUT2D eigenvalue weighted by atomic mass is 10.2. The molecule has 0 spiro atoms. The third-order valence-electron chi connectivity index (χ3n) is 3.63. The average Bonchev–Trinajstić information content (AvgIpc) is 3.23. The van der Waals surface area contributed by atoms with Gasteiger partial charge in [-0.1, -0.05) is 11.3 Å². The van der Waals surface area contributed by atoms with Gasteiger partial charge < -0.3 is 9.64 Å². The van der Waals surface area contributed by atoms with Gasteiger partial charge in [-0.15, -0.1) is 0 Å². The predicted molar refractivity (Wildman–Crippen MR) is 89.4 cm³/mol. The van der Waals surface area contributed by atoms with Gasteiger partial charge in [-0.2, -0.15) is 0 Å². The largest absolute Gasteiger partial charge is 0.465 e. The highest BCUT2D eigenvalue weighted by molar-refractivity contribution is 7.17. The van der Waals surface area contributed by atoms with Crippen LogP contribution in [0, 0.1) is 0 Å². The van der Waals surface area contributed by atoms with Gasteiger partial charge >= 0.3 is 5.97 Å². The quantitative estimate of drug-likeness (QED) is 0.859. The highest BCUT2D eigenvalue weighted by Gasteiger charge is 2.21. The molecule has 1 fully saturated rings. The van der Waals surface area contributed by atoms with E-state index in [-0.39, 0.29) is 11.8 Å². The van der Waals surface area contributed by atoms with Crippen molar-refractivity contribution >= 4 is 39.9 Å². The fourth-order valence-corrected chi connectivity index (χ4v) is 3.14. The van der Waals surface area contributed by atoms with Crippen LogP contribution in [0.1, 0.15) is 32.9 Å². The number of hydrogen-bond donors (Lipinski definition) is 1. The van der Waals surface area contributed by atoms with E-state index in [0.717, 1.165) is 23.4 Å². The molecule has 1 N–H and O–H groups in total. The maximum absolute atomic E-state index is 12.2. The lowest BCUT2D eigenvalue weighted by molar-refractivity contribution is -0.117. The number of anilines is 2. The summed E-state index contributed by atoms with van der Waals surface area (Å²) in [5, 5.41) is 2.95. The Bertz CT molecular complexity index is 785. The van der Waals surface area contributed by atoms with Crippen molar-refractivity contribution in [2.75, 3.05) is 23.9 Å². The van der Waals surface area contributed by atoms with Crippen LogP contribution in [0.4, 0.5) is 10.8 Å². The van der Waals surface area contributed by atoms with Gasteiger partial charge in [0.1, 0.15) is 4.88 Å². The normalized spacial score (nSPS) is 13.9. The average molecular weight is 345 g/mol. The molecule has 1 saturated heterocycles. The zero-order chi connectivity index (χ0) is 17.1. The minimum atomic E-state index is -0.493. The second-order valence-electron chi connectivity index (χ2n) is 5.17. The molecule has 2 amide bonds. The molecule has 1 aliphatic rings. The molecule has 7 nitrogen and oxygen atoms in total. The molecule has 0 radical (unpaired) electrons. The number of ether oxygens (including phenoxy) is 1. The van der Waals surface area contributed by atoms with Crippen LogP contribution >= 0.6 is 11.3 Å². The maximum atomic E-state index is 12.2. The Balaban J connectivity index is 1.68. The lowest BCUT2D eigenvalue weighted by Gasteiger charge is -2.15. The lowest BCUT2D eigenvalue weighted by Crippen LogP contribution is -2.23. The summed E-state index contributed by atoms with van der Waals surface area (Å²) in [4.78, 5) is 41.3. The molecule has 1 aromatic carbocycles. The number of rotatable bonds is 4. The molecule has 0 bridgehead atoms. The monoisotopic (exact) mass is 345 g/mol. The molecule has 0 aliphatic carbocycles. The fraction of sp³-hybridized carbons (Fsp3) is 0.250. The van der Waals surface area contributed by atoms with Gasteiger partial charge in [-0.3, -0.25) is 14.9 Å². The Morgan fingerprint density at radius 2 is 2.04 bits per heavy atom. The Labute approximate surface area is 142 Å². The number of methoxy groups -OCH3 is 1. The van der Waals surface area contributed by atoms with Crippen molar-refractivity contribution in [3.63, 3.8) is 0 Å². The summed E-state index contributed by atoms with van der Waals surface area (Å²) in [6, 6.07) is 6.82. The zero-order valence-electron chi connectivity index (χ0n) is 12.9. The first-order valence-electron chi connectivity index (χ1n) is 7.34. The number of hydrogen-bond acceptors (Lipinski definition) is 6. The van der Waals surface area contributed by atoms with E-state index in [0.29, 0.717) is 28.5 Å². The SMILES string of the molecule is COC(=O)c1cnc(NC(=O)c2ccc(N3CCCC3=O)cc2)s1. The molecule has 1 aromatic heterocycles. The summed E-state index contributed by atoms with van der Waals surface area (Å²) in [5.41, 5.74) is 1.23. The van der Waals surface area contributed by atoms with Crippen molar-refractivity contribution in [2.24, 2.45) is 0 Å². The van der Waals surface area contributed by atoms with E-state index in [1.807, 2.05) is 0 Å². The molecule has 3 rings (SSSR count). The third kappa shape index (κ3) is 3.28. The van der Waals surface area contributed by atoms with Gasteiger partial charge in [-0.25, -0.2) is 9.78 Å². The van der Waals surface area contributed by atoms with E-state index in [1.165, 1.54) is 13.3 Å². The first-order chi connectivity index (χ1) is 11.6. The van der Waals surface area contributed by atoms with Gasteiger partial charge in [0.15, 0.2) is 5.13 Å². The number of carbonyl (C=O) groups is 3. The zero-order valence-corrected chi connectivity index (χ0v) is 13.8. The van der Waals surface area contributed by atoms with Gasteiger partial charge in [-0.05, 0) is 30.7 Å². The molecule has 0 unspecified atom stereocenters. The predicted octanol–water partition coefficient (Wildman–Crippen LogP) is 2.31. The van der Waals surface area contributed by atoms with Crippen LogP contribution in [0.3, 0.4) is 0 Å². The smallest absolute Gasteiger partial charge is 0.349 e. The Hall–Kier alpha value is -2.74. The molecular formula is C16H15N3O4S. The summed E-state index contributed by atoms with van der Waals surface area (Å²) in [6.07, 6.45) is 2.77. The Morgan fingerprint density at radius 3 is 2.67 bits per heavy atom. The molecule has 1 aliphatic heterocycles. The molecule has 0 saturated carbocycles. The Kier molecular flexibility index (Phi) is 4.57. The fourth-order valence-electron chi connectivity index (χ4n) is 2.41. The summed E-state index contributed by atoms with van der Waals surface area (Å²) >= 11 is 1.04. The van der Waals surface area contributed by atoms with Crippen molar-refractivity contribution < 1.29 is 19.1 Å². The van der Waals surface area contributed by atoms with E-state index >= 15 is 0 Å². The van der Waals surface area contributed by atoms with Crippen LogP contribution in [0.15, 0.2) is 30.5 Å². The number of benzene rings is 1. The van der Waals surface area contributed by atoms with Crippen LogP contribution < -0.4 is 10.2 Å². The first-order valence-corrected chi connectivity index (χ1v) is 8.16. The molecular weight excluding hydrogens is 330 g/mol. The maximum Gasteiger partial charge on any atom is 0.349 e. The first kappa shape index (κ1) is 16.1. The molecule has 2 heterocycles. The van der Waals surface area contributed by atoms with Gasteiger partial charge in [0.2, 0.25) is 5.91 Å². The van der Waals surface area contributed by atoms with Gasteiger partial charge in [0, 0.05) is 24.2 Å². The van der Waals surface area contributed by atoms with Crippen molar-refractivity contribution in [3.8, 4) is 0 Å². The highest BCUT2D eigenvalue weighted by Crippen LogP contribution is 2.23. The summed E-state index contributed by atoms with van der Waals surface area (Å²) in [5.74, 6) is -0.724.